The summed E-state index contributed by atoms with van der Waals surface area (Å²) in [5.74, 6) is -0.307. The summed E-state index contributed by atoms with van der Waals surface area (Å²) in [6.45, 7) is 1.66. The minimum Gasteiger partial charge on any atom is -0.482 e. The monoisotopic (exact) mass is 455 g/mol. The van der Waals surface area contributed by atoms with Gasteiger partial charge >= 0.3 is 0 Å². The maximum absolute atomic E-state index is 12.1. The summed E-state index contributed by atoms with van der Waals surface area (Å²) in [7, 11) is 0. The molecule has 0 aliphatic rings. The van der Waals surface area contributed by atoms with E-state index in [9.17, 15) is 9.59 Å². The summed E-state index contributed by atoms with van der Waals surface area (Å²) >= 11 is 12.3. The van der Waals surface area contributed by atoms with Crippen LogP contribution in [0.5, 0.6) is 5.75 Å². The van der Waals surface area contributed by atoms with Crippen molar-refractivity contribution in [3.8, 4) is 5.75 Å². The summed E-state index contributed by atoms with van der Waals surface area (Å²) in [6.07, 6.45) is 1.46. The quantitative estimate of drug-likeness (QED) is 0.384. The number of carbonyl (C=O) groups excluding carboxylic acids is 2. The predicted octanol–water partition coefficient (Wildman–Crippen LogP) is 5.08. The lowest BCUT2D eigenvalue weighted by Crippen LogP contribution is -2.20. The zero-order chi connectivity index (χ0) is 22.2. The van der Waals surface area contributed by atoms with Crippen LogP contribution in [0.3, 0.4) is 0 Å². The smallest absolute Gasteiger partial charge is 0.271 e. The molecule has 0 saturated carbocycles. The molecule has 158 valence electrons. The van der Waals surface area contributed by atoms with Gasteiger partial charge < -0.3 is 10.1 Å². The highest BCUT2D eigenvalue weighted by Crippen LogP contribution is 2.25. The molecule has 0 spiro atoms. The molecule has 3 aromatic rings. The Hall–Kier alpha value is -3.35. The van der Waals surface area contributed by atoms with Gasteiger partial charge in [-0.15, -0.1) is 0 Å². The molecule has 3 aromatic carbocycles. The van der Waals surface area contributed by atoms with E-state index in [0.717, 1.165) is 5.56 Å². The average Bonchev–Trinajstić information content (AvgIpc) is 2.76. The van der Waals surface area contributed by atoms with Gasteiger partial charge in [0.2, 0.25) is 0 Å². The number of amides is 2. The number of aryl methyl sites for hydroxylation is 1. The highest BCUT2D eigenvalue weighted by atomic mass is 35.5. The lowest BCUT2D eigenvalue weighted by Gasteiger charge is -2.10. The number of hydrogen-bond donors (Lipinski definition) is 2. The van der Waals surface area contributed by atoms with Gasteiger partial charge in [-0.3, -0.25) is 9.59 Å². The van der Waals surface area contributed by atoms with Gasteiger partial charge in [-0.2, -0.15) is 5.10 Å². The topological polar surface area (TPSA) is 79.8 Å². The van der Waals surface area contributed by atoms with Crippen molar-refractivity contribution in [3.05, 3.63) is 93.5 Å². The molecule has 0 atom stereocenters. The van der Waals surface area contributed by atoms with E-state index in [1.54, 1.807) is 54.6 Å². The number of ether oxygens (including phenoxy) is 1. The van der Waals surface area contributed by atoms with Crippen molar-refractivity contribution in [2.75, 3.05) is 11.9 Å². The number of carbonyl (C=O) groups is 2. The van der Waals surface area contributed by atoms with Crippen LogP contribution in [0.25, 0.3) is 0 Å². The van der Waals surface area contributed by atoms with Crippen LogP contribution >= 0.6 is 23.2 Å². The Balaban J connectivity index is 1.52. The molecule has 0 heterocycles. The van der Waals surface area contributed by atoms with E-state index in [1.807, 2.05) is 19.1 Å². The molecule has 6 nitrogen and oxygen atoms in total. The average molecular weight is 456 g/mol. The van der Waals surface area contributed by atoms with Crippen molar-refractivity contribution in [1.82, 2.24) is 5.43 Å². The van der Waals surface area contributed by atoms with Crippen molar-refractivity contribution in [2.24, 2.45) is 5.10 Å². The SMILES string of the molecule is Cc1ccc(NC(=O)COc2ccc(/C=N/NC(=O)c3ccccc3)cc2Cl)cc1Cl. The Morgan fingerprint density at radius 1 is 1.00 bits per heavy atom. The molecule has 0 aliphatic carbocycles. The zero-order valence-corrected chi connectivity index (χ0v) is 18.1. The van der Waals surface area contributed by atoms with Gasteiger partial charge in [0.15, 0.2) is 6.61 Å². The van der Waals surface area contributed by atoms with Gasteiger partial charge in [0, 0.05) is 16.3 Å². The van der Waals surface area contributed by atoms with Crippen LogP contribution in [0, 0.1) is 6.92 Å². The molecular weight excluding hydrogens is 437 g/mol. The summed E-state index contributed by atoms with van der Waals surface area (Å²) in [6, 6.07) is 19.0. The Bertz CT molecular complexity index is 1120. The van der Waals surface area contributed by atoms with Crippen LogP contribution in [-0.2, 0) is 4.79 Å². The van der Waals surface area contributed by atoms with Gasteiger partial charge in [0.1, 0.15) is 5.75 Å². The van der Waals surface area contributed by atoms with Crippen molar-refractivity contribution >= 4 is 46.9 Å². The van der Waals surface area contributed by atoms with Crippen molar-refractivity contribution in [3.63, 3.8) is 0 Å². The number of hydrogen-bond acceptors (Lipinski definition) is 4. The number of halogens is 2. The Morgan fingerprint density at radius 3 is 2.48 bits per heavy atom. The second kappa shape index (κ2) is 10.6. The van der Waals surface area contributed by atoms with Gasteiger partial charge in [-0.25, -0.2) is 5.43 Å². The molecule has 0 radical (unpaired) electrons. The zero-order valence-electron chi connectivity index (χ0n) is 16.6. The third kappa shape index (κ3) is 6.57. The number of anilines is 1. The van der Waals surface area contributed by atoms with Crippen LogP contribution < -0.4 is 15.5 Å². The molecule has 8 heteroatoms. The van der Waals surface area contributed by atoms with Crippen molar-refractivity contribution in [1.29, 1.82) is 0 Å². The first-order valence-corrected chi connectivity index (χ1v) is 10.0. The highest BCUT2D eigenvalue weighted by Gasteiger charge is 2.08. The molecule has 2 amide bonds. The van der Waals surface area contributed by atoms with Crippen molar-refractivity contribution in [2.45, 2.75) is 6.92 Å². The molecule has 0 saturated heterocycles. The molecular formula is C23H19Cl2N3O3. The Kier molecular flexibility index (Phi) is 7.65. The number of rotatable bonds is 7. The Morgan fingerprint density at radius 2 is 1.77 bits per heavy atom. The van der Waals surface area contributed by atoms with E-state index in [2.05, 4.69) is 15.8 Å². The maximum atomic E-state index is 12.1. The van der Waals surface area contributed by atoms with Gasteiger partial charge in [0.05, 0.1) is 11.2 Å². The summed E-state index contributed by atoms with van der Waals surface area (Å²) in [5, 5.41) is 7.51. The third-order valence-corrected chi connectivity index (χ3v) is 4.89. The largest absolute Gasteiger partial charge is 0.482 e. The number of nitrogens with zero attached hydrogens (tertiary/aromatic N) is 1. The molecule has 0 aromatic heterocycles. The second-order valence-electron chi connectivity index (χ2n) is 6.56. The minimum absolute atomic E-state index is 0.216. The fraction of sp³-hybridized carbons (Fsp3) is 0.0870. The Labute approximate surface area is 189 Å². The van der Waals surface area contributed by atoms with E-state index < -0.39 is 0 Å². The van der Waals surface area contributed by atoms with E-state index >= 15 is 0 Å². The normalized spacial score (nSPS) is 10.7. The fourth-order valence-electron chi connectivity index (χ4n) is 2.54. The molecule has 31 heavy (non-hydrogen) atoms. The first kappa shape index (κ1) is 22.3. The summed E-state index contributed by atoms with van der Waals surface area (Å²) in [4.78, 5) is 24.1. The second-order valence-corrected chi connectivity index (χ2v) is 7.37. The van der Waals surface area contributed by atoms with Crippen LogP contribution in [0.1, 0.15) is 21.5 Å². The van der Waals surface area contributed by atoms with Gasteiger partial charge in [-0.05, 0) is 60.5 Å². The van der Waals surface area contributed by atoms with Crippen LogP contribution in [0.4, 0.5) is 5.69 Å². The molecule has 0 fully saturated rings. The van der Waals surface area contributed by atoms with E-state index in [-0.39, 0.29) is 18.4 Å². The number of nitrogens with one attached hydrogen (secondary N) is 2. The minimum atomic E-state index is -0.342. The van der Waals surface area contributed by atoms with Gasteiger partial charge in [-0.1, -0.05) is 47.5 Å². The first-order valence-electron chi connectivity index (χ1n) is 9.29. The van der Waals surface area contributed by atoms with Gasteiger partial charge in [0.25, 0.3) is 11.8 Å². The van der Waals surface area contributed by atoms with E-state index in [0.29, 0.717) is 32.6 Å². The molecule has 3 rings (SSSR count). The standard InChI is InChI=1S/C23H19Cl2N3O3/c1-15-7-9-18(12-19(15)24)27-22(29)14-31-21-10-8-16(11-20(21)25)13-26-28-23(30)17-5-3-2-4-6-17/h2-13H,14H2,1H3,(H,27,29)(H,28,30)/b26-13+. The third-order valence-electron chi connectivity index (χ3n) is 4.19. The molecule has 0 unspecified atom stereocenters. The van der Waals surface area contributed by atoms with Crippen LogP contribution in [0.15, 0.2) is 71.8 Å². The van der Waals surface area contributed by atoms with Crippen molar-refractivity contribution < 1.29 is 14.3 Å². The highest BCUT2D eigenvalue weighted by molar-refractivity contribution is 6.32. The lowest BCUT2D eigenvalue weighted by atomic mass is 10.2. The van der Waals surface area contributed by atoms with Crippen LogP contribution in [-0.4, -0.2) is 24.6 Å². The first-order chi connectivity index (χ1) is 14.9. The molecule has 2 N–H and O–H groups in total. The number of hydrazone groups is 1. The summed E-state index contributed by atoms with van der Waals surface area (Å²) in [5.41, 5.74) is 5.11. The van der Waals surface area contributed by atoms with E-state index in [1.165, 1.54) is 6.21 Å². The lowest BCUT2D eigenvalue weighted by molar-refractivity contribution is -0.118. The fourth-order valence-corrected chi connectivity index (χ4v) is 2.97. The molecule has 0 bridgehead atoms. The summed E-state index contributed by atoms with van der Waals surface area (Å²) < 4.78 is 5.49. The molecule has 0 aliphatic heterocycles. The number of benzene rings is 3. The predicted molar refractivity (Wildman–Crippen MR) is 123 cm³/mol. The maximum Gasteiger partial charge on any atom is 0.271 e. The van der Waals surface area contributed by atoms with Crippen LogP contribution in [0.2, 0.25) is 10.0 Å². The van der Waals surface area contributed by atoms with E-state index in [4.69, 9.17) is 27.9 Å².